The molecule has 1 aliphatic rings. The van der Waals surface area contributed by atoms with Gasteiger partial charge in [0.05, 0.1) is 0 Å². The Morgan fingerprint density at radius 2 is 2.11 bits per heavy atom. The van der Waals surface area contributed by atoms with Gasteiger partial charge in [-0.05, 0) is 36.5 Å². The first kappa shape index (κ1) is 12.2. The molecule has 2 N–H and O–H groups in total. The van der Waals surface area contributed by atoms with Crippen molar-refractivity contribution < 1.29 is 0 Å². The number of hydrogen-bond donors (Lipinski definition) is 1. The van der Waals surface area contributed by atoms with Crippen LogP contribution in [-0.4, -0.2) is 14.8 Å². The number of benzene rings is 1. The molecular weight excluding hydrogens is 236 g/mol. The molecule has 19 heavy (non-hydrogen) atoms. The van der Waals surface area contributed by atoms with Crippen LogP contribution < -0.4 is 5.73 Å². The number of nitrogen functional groups attached to an aromatic ring is 1. The first-order valence-corrected chi connectivity index (χ1v) is 6.95. The van der Waals surface area contributed by atoms with Crippen molar-refractivity contribution >= 4 is 5.69 Å². The highest BCUT2D eigenvalue weighted by atomic mass is 15.2. The first-order chi connectivity index (χ1) is 9.25. The number of nitrogens with zero attached hydrogens (tertiary/aromatic N) is 3. The average molecular weight is 256 g/mol. The summed E-state index contributed by atoms with van der Waals surface area (Å²) >= 11 is 0. The van der Waals surface area contributed by atoms with Crippen LogP contribution in [0.3, 0.4) is 0 Å². The van der Waals surface area contributed by atoms with E-state index in [0.717, 1.165) is 11.5 Å². The monoisotopic (exact) mass is 256 g/mol. The van der Waals surface area contributed by atoms with Crippen LogP contribution in [-0.2, 0) is 7.05 Å². The SMILES string of the molecule is Cn1cnnc1[C@H](c1cccc(N)c1)C1CCCC1. The molecule has 0 radical (unpaired) electrons. The Labute approximate surface area is 113 Å². The van der Waals surface area contributed by atoms with Gasteiger partial charge in [-0.15, -0.1) is 10.2 Å². The molecule has 4 nitrogen and oxygen atoms in total. The molecule has 100 valence electrons. The Hall–Kier alpha value is -1.84. The minimum Gasteiger partial charge on any atom is -0.399 e. The van der Waals surface area contributed by atoms with Crippen molar-refractivity contribution in [2.45, 2.75) is 31.6 Å². The zero-order valence-electron chi connectivity index (χ0n) is 11.3. The van der Waals surface area contributed by atoms with Gasteiger partial charge >= 0.3 is 0 Å². The lowest BCUT2D eigenvalue weighted by Crippen LogP contribution is -2.16. The minimum atomic E-state index is 0.318. The maximum Gasteiger partial charge on any atom is 0.140 e. The van der Waals surface area contributed by atoms with Crippen LogP contribution in [0.25, 0.3) is 0 Å². The molecule has 0 unspecified atom stereocenters. The molecule has 0 aliphatic heterocycles. The Morgan fingerprint density at radius 1 is 1.32 bits per heavy atom. The lowest BCUT2D eigenvalue weighted by atomic mass is 9.84. The molecule has 0 saturated heterocycles. The maximum atomic E-state index is 5.94. The summed E-state index contributed by atoms with van der Waals surface area (Å²) in [6.07, 6.45) is 6.96. The lowest BCUT2D eigenvalue weighted by Gasteiger charge is -2.23. The third-order valence-corrected chi connectivity index (χ3v) is 4.17. The van der Waals surface area contributed by atoms with E-state index < -0.39 is 0 Å². The molecule has 0 bridgehead atoms. The van der Waals surface area contributed by atoms with E-state index in [0.29, 0.717) is 11.8 Å². The Morgan fingerprint density at radius 3 is 2.74 bits per heavy atom. The number of anilines is 1. The van der Waals surface area contributed by atoms with Gasteiger partial charge in [0, 0.05) is 18.7 Å². The Bertz CT molecular complexity index is 555. The van der Waals surface area contributed by atoms with E-state index in [4.69, 9.17) is 5.73 Å². The van der Waals surface area contributed by atoms with Gasteiger partial charge < -0.3 is 10.3 Å². The molecule has 0 spiro atoms. The van der Waals surface area contributed by atoms with Crippen molar-refractivity contribution in [3.63, 3.8) is 0 Å². The van der Waals surface area contributed by atoms with Crippen LogP contribution in [0.4, 0.5) is 5.69 Å². The summed E-state index contributed by atoms with van der Waals surface area (Å²) in [5, 5.41) is 8.38. The Balaban J connectivity index is 2.03. The maximum absolute atomic E-state index is 5.94. The lowest BCUT2D eigenvalue weighted by molar-refractivity contribution is 0.457. The van der Waals surface area contributed by atoms with Crippen LogP contribution in [0, 0.1) is 5.92 Å². The number of rotatable bonds is 3. The summed E-state index contributed by atoms with van der Waals surface area (Å²) in [7, 11) is 2.02. The van der Waals surface area contributed by atoms with Gasteiger partial charge in [-0.3, -0.25) is 0 Å². The summed E-state index contributed by atoms with van der Waals surface area (Å²) < 4.78 is 2.03. The van der Waals surface area contributed by atoms with E-state index in [1.165, 1.54) is 31.2 Å². The summed E-state index contributed by atoms with van der Waals surface area (Å²) in [5.74, 6) is 2.03. The van der Waals surface area contributed by atoms with Crippen LogP contribution in [0.15, 0.2) is 30.6 Å². The molecule has 1 atom stereocenters. The fourth-order valence-corrected chi connectivity index (χ4v) is 3.25. The van der Waals surface area contributed by atoms with Crippen molar-refractivity contribution in [3.05, 3.63) is 42.0 Å². The van der Waals surface area contributed by atoms with E-state index in [9.17, 15) is 0 Å². The van der Waals surface area contributed by atoms with Crippen LogP contribution in [0.5, 0.6) is 0 Å². The number of aromatic nitrogens is 3. The van der Waals surface area contributed by atoms with E-state index >= 15 is 0 Å². The number of aryl methyl sites for hydroxylation is 1. The van der Waals surface area contributed by atoms with Crippen molar-refractivity contribution in [2.24, 2.45) is 13.0 Å². The highest BCUT2D eigenvalue weighted by molar-refractivity contribution is 5.43. The zero-order valence-corrected chi connectivity index (χ0v) is 11.3. The van der Waals surface area contributed by atoms with Crippen molar-refractivity contribution in [2.75, 3.05) is 5.73 Å². The summed E-state index contributed by atoms with van der Waals surface area (Å²) in [5.41, 5.74) is 8.03. The second-order valence-electron chi connectivity index (χ2n) is 5.49. The topological polar surface area (TPSA) is 56.7 Å². The van der Waals surface area contributed by atoms with Gasteiger partial charge in [-0.2, -0.15) is 0 Å². The van der Waals surface area contributed by atoms with Gasteiger partial charge in [0.1, 0.15) is 12.2 Å². The van der Waals surface area contributed by atoms with Gasteiger partial charge in [-0.1, -0.05) is 25.0 Å². The van der Waals surface area contributed by atoms with Gasteiger partial charge in [0.25, 0.3) is 0 Å². The fraction of sp³-hybridized carbons (Fsp3) is 0.467. The zero-order chi connectivity index (χ0) is 13.2. The highest BCUT2D eigenvalue weighted by Gasteiger charge is 2.30. The molecular formula is C15H20N4. The smallest absolute Gasteiger partial charge is 0.140 e. The van der Waals surface area contributed by atoms with Crippen molar-refractivity contribution in [1.82, 2.24) is 14.8 Å². The molecule has 1 fully saturated rings. The average Bonchev–Trinajstić information content (AvgIpc) is 3.03. The predicted octanol–water partition coefficient (Wildman–Crippen LogP) is 2.72. The Kier molecular flexibility index (Phi) is 3.23. The summed E-state index contributed by atoms with van der Waals surface area (Å²) in [6.45, 7) is 0. The van der Waals surface area contributed by atoms with Crippen LogP contribution in [0.1, 0.15) is 43.0 Å². The van der Waals surface area contributed by atoms with Gasteiger partial charge in [0.15, 0.2) is 0 Å². The standard InChI is InChI=1S/C15H20N4/c1-19-10-17-18-15(19)14(11-5-2-3-6-11)12-7-4-8-13(16)9-12/h4,7-11,14H,2-3,5-6,16H2,1H3/t14-/m0/s1. The molecule has 2 aromatic rings. The van der Waals surface area contributed by atoms with Crippen LogP contribution >= 0.6 is 0 Å². The van der Waals surface area contributed by atoms with Crippen molar-refractivity contribution in [1.29, 1.82) is 0 Å². The predicted molar refractivity (Wildman–Crippen MR) is 75.7 cm³/mol. The first-order valence-electron chi connectivity index (χ1n) is 6.95. The normalized spacial score (nSPS) is 17.7. The van der Waals surface area contributed by atoms with Crippen LogP contribution in [0.2, 0.25) is 0 Å². The third-order valence-electron chi connectivity index (χ3n) is 4.17. The quantitative estimate of drug-likeness (QED) is 0.859. The van der Waals surface area contributed by atoms with E-state index in [2.05, 4.69) is 22.3 Å². The minimum absolute atomic E-state index is 0.318. The molecule has 1 aromatic heterocycles. The second kappa shape index (κ2) is 5.03. The number of nitrogens with two attached hydrogens (primary N) is 1. The highest BCUT2D eigenvalue weighted by Crippen LogP contribution is 2.40. The fourth-order valence-electron chi connectivity index (χ4n) is 3.25. The van der Waals surface area contributed by atoms with E-state index in [1.54, 1.807) is 6.33 Å². The van der Waals surface area contributed by atoms with Crippen molar-refractivity contribution in [3.8, 4) is 0 Å². The third kappa shape index (κ3) is 2.35. The molecule has 0 amide bonds. The van der Waals surface area contributed by atoms with Gasteiger partial charge in [-0.25, -0.2) is 0 Å². The molecule has 1 aliphatic carbocycles. The second-order valence-corrected chi connectivity index (χ2v) is 5.49. The molecule has 3 rings (SSSR count). The summed E-state index contributed by atoms with van der Waals surface area (Å²) in [6, 6.07) is 8.21. The molecule has 4 heteroatoms. The molecule has 1 aromatic carbocycles. The van der Waals surface area contributed by atoms with Gasteiger partial charge in [0.2, 0.25) is 0 Å². The number of hydrogen-bond acceptors (Lipinski definition) is 3. The summed E-state index contributed by atoms with van der Waals surface area (Å²) in [4.78, 5) is 0. The molecule has 1 heterocycles. The molecule has 1 saturated carbocycles. The van der Waals surface area contributed by atoms with E-state index in [-0.39, 0.29) is 0 Å². The van der Waals surface area contributed by atoms with E-state index in [1.807, 2.05) is 23.7 Å². The largest absolute Gasteiger partial charge is 0.399 e.